The second-order valence-electron chi connectivity index (χ2n) is 3.19. The molecular formula is H14CaO21P6. The van der Waals surface area contributed by atoms with Crippen LogP contribution in [0.3, 0.4) is 0 Å². The third kappa shape index (κ3) is 51.0. The fraction of sp³-hybridized carbons (Fsp3) is 0. The van der Waals surface area contributed by atoms with Gasteiger partial charge in [-0.05, 0) is 0 Å². The Balaban J connectivity index is -0.000000152. The molecule has 0 aliphatic rings. The van der Waals surface area contributed by atoms with E-state index in [-0.39, 0.29) is 37.7 Å². The molecule has 0 spiro atoms. The van der Waals surface area contributed by atoms with E-state index < -0.39 is 46.9 Å². The molecule has 0 fully saturated rings. The van der Waals surface area contributed by atoms with Gasteiger partial charge in [-0.15, -0.1) is 0 Å². The van der Waals surface area contributed by atoms with Crippen molar-refractivity contribution in [3.8, 4) is 0 Å². The van der Waals surface area contributed by atoms with Gasteiger partial charge in [-0.2, -0.15) is 12.9 Å². The number of rotatable bonds is 6. The Morgan fingerprint density at radius 3 is 0.393 bits per heavy atom. The van der Waals surface area contributed by atoms with Gasteiger partial charge >= 0.3 is 84.7 Å². The molecule has 0 aromatic rings. The van der Waals surface area contributed by atoms with Crippen LogP contribution in [0, 0.1) is 0 Å². The SMILES string of the molecule is O=P(O)(O)OP(=O)(O)O.O=P(O)(O)OP(=O)(O)O.O=P(O)(O)OP(=O)(O)O.[CaH2]. The van der Waals surface area contributed by atoms with E-state index in [0.29, 0.717) is 0 Å². The zero-order valence-corrected chi connectivity index (χ0v) is 17.1. The molecule has 0 heterocycles. The molecule has 12 N–H and O–H groups in total. The molecule has 0 unspecified atom stereocenters. The van der Waals surface area contributed by atoms with Crippen LogP contribution in [-0.2, 0) is 40.3 Å². The van der Waals surface area contributed by atoms with Crippen molar-refractivity contribution >= 4 is 84.7 Å². The Kier molecular flexibility index (Phi) is 18.1. The van der Waals surface area contributed by atoms with Crippen LogP contribution < -0.4 is 0 Å². The van der Waals surface area contributed by atoms with Crippen LogP contribution in [0.5, 0.6) is 0 Å². The molecular weight excluding hydrogens is 562 g/mol. The summed E-state index contributed by atoms with van der Waals surface area (Å²) in [5.74, 6) is 0. The summed E-state index contributed by atoms with van der Waals surface area (Å²) in [4.78, 5) is 93.0. The van der Waals surface area contributed by atoms with Crippen LogP contribution in [0.2, 0.25) is 0 Å². The van der Waals surface area contributed by atoms with E-state index in [1.54, 1.807) is 0 Å². The monoisotopic (exact) mass is 576 g/mol. The van der Waals surface area contributed by atoms with Gasteiger partial charge in [0, 0.05) is 0 Å². The number of hydrogen-bond donors (Lipinski definition) is 12. The summed E-state index contributed by atoms with van der Waals surface area (Å²) >= 11 is 0. The van der Waals surface area contributed by atoms with Crippen molar-refractivity contribution in [2.24, 2.45) is 0 Å². The maximum absolute atomic E-state index is 9.63. The Morgan fingerprint density at radius 1 is 0.321 bits per heavy atom. The fourth-order valence-corrected chi connectivity index (χ4v) is 3.74. The Morgan fingerprint density at radius 2 is 0.393 bits per heavy atom. The predicted octanol–water partition coefficient (Wildman–Crippen LogP) is -3.35. The molecule has 0 aliphatic heterocycles. The van der Waals surface area contributed by atoms with E-state index in [1.807, 2.05) is 0 Å². The van der Waals surface area contributed by atoms with E-state index in [4.69, 9.17) is 58.7 Å². The van der Waals surface area contributed by atoms with Crippen LogP contribution in [-0.4, -0.2) is 96.5 Å². The third-order valence-corrected chi connectivity index (χ3v) is 5.74. The molecule has 0 aliphatic carbocycles. The van der Waals surface area contributed by atoms with Gasteiger partial charge < -0.3 is 58.7 Å². The van der Waals surface area contributed by atoms with Crippen molar-refractivity contribution in [2.75, 3.05) is 0 Å². The topological polar surface area (TPSA) is 373 Å². The summed E-state index contributed by atoms with van der Waals surface area (Å²) in [5, 5.41) is 0. The van der Waals surface area contributed by atoms with E-state index in [2.05, 4.69) is 12.9 Å². The van der Waals surface area contributed by atoms with Gasteiger partial charge in [0.1, 0.15) is 0 Å². The van der Waals surface area contributed by atoms with Gasteiger partial charge in [-0.3, -0.25) is 0 Å². The van der Waals surface area contributed by atoms with Crippen LogP contribution in [0.1, 0.15) is 0 Å². The van der Waals surface area contributed by atoms with Crippen LogP contribution in [0.15, 0.2) is 0 Å². The van der Waals surface area contributed by atoms with E-state index >= 15 is 0 Å². The zero-order valence-electron chi connectivity index (χ0n) is 11.7. The van der Waals surface area contributed by atoms with Crippen molar-refractivity contribution in [2.45, 2.75) is 0 Å². The molecule has 0 radical (unpaired) electrons. The Labute approximate surface area is 183 Å². The molecule has 28 heavy (non-hydrogen) atoms. The van der Waals surface area contributed by atoms with Crippen molar-refractivity contribution in [3.63, 3.8) is 0 Å². The van der Waals surface area contributed by atoms with Gasteiger partial charge in [0.2, 0.25) is 0 Å². The molecule has 172 valence electrons. The quantitative estimate of drug-likeness (QED) is 0.108. The summed E-state index contributed by atoms with van der Waals surface area (Å²) in [7, 11) is -30.3. The predicted molar refractivity (Wildman–Crippen MR) is 84.1 cm³/mol. The van der Waals surface area contributed by atoms with Crippen molar-refractivity contribution in [3.05, 3.63) is 0 Å². The van der Waals surface area contributed by atoms with Gasteiger partial charge in [-0.25, -0.2) is 27.4 Å². The third-order valence-electron chi connectivity index (χ3n) is 0.638. The van der Waals surface area contributed by atoms with E-state index in [1.165, 1.54) is 0 Å². The standard InChI is InChI=1S/Ca.3H4O7P2.2H/c;3*1-8(2,3)7-9(4,5)6;;/h;3*(H2,1,2,3)(H2,4,5,6);;. The molecule has 0 aromatic carbocycles. The van der Waals surface area contributed by atoms with Crippen LogP contribution >= 0.6 is 46.9 Å². The Bertz CT molecular complexity index is 548. The molecule has 0 amide bonds. The van der Waals surface area contributed by atoms with Crippen LogP contribution in [0.25, 0.3) is 0 Å². The summed E-state index contributed by atoms with van der Waals surface area (Å²) in [6.07, 6.45) is 0. The molecule has 0 aromatic heterocycles. The first-order valence-corrected chi connectivity index (χ1v) is 13.8. The first kappa shape index (κ1) is 37.4. The van der Waals surface area contributed by atoms with E-state index in [0.717, 1.165) is 0 Å². The molecule has 0 rings (SSSR count). The van der Waals surface area contributed by atoms with Gasteiger partial charge in [0.05, 0.1) is 0 Å². The molecule has 0 saturated carbocycles. The molecule has 28 heteroatoms. The molecule has 0 bridgehead atoms. The second-order valence-corrected chi connectivity index (χ2v) is 11.0. The van der Waals surface area contributed by atoms with Crippen molar-refractivity contribution in [1.29, 1.82) is 0 Å². The van der Waals surface area contributed by atoms with E-state index in [9.17, 15) is 27.4 Å². The minimum atomic E-state index is -5.05. The van der Waals surface area contributed by atoms with Gasteiger partial charge in [0.15, 0.2) is 0 Å². The first-order valence-electron chi connectivity index (χ1n) is 4.59. The average molecular weight is 576 g/mol. The minimum absolute atomic E-state index is 0. The maximum atomic E-state index is 9.63. The Hall–Kier alpha value is 2.04. The number of hydrogen-bond acceptors (Lipinski definition) is 9. The van der Waals surface area contributed by atoms with Crippen molar-refractivity contribution in [1.82, 2.24) is 0 Å². The van der Waals surface area contributed by atoms with Crippen LogP contribution in [0.4, 0.5) is 0 Å². The first-order chi connectivity index (χ1) is 11.1. The zero-order chi connectivity index (χ0) is 23.1. The van der Waals surface area contributed by atoms with Gasteiger partial charge in [-0.1, -0.05) is 0 Å². The van der Waals surface area contributed by atoms with Crippen molar-refractivity contribution < 1.29 is 99.0 Å². The summed E-state index contributed by atoms with van der Waals surface area (Å²) in [6, 6.07) is 0. The summed E-state index contributed by atoms with van der Waals surface area (Å²) < 4.78 is 66.6. The molecule has 0 atom stereocenters. The van der Waals surface area contributed by atoms with Gasteiger partial charge in [0.25, 0.3) is 0 Å². The fourth-order valence-electron chi connectivity index (χ4n) is 0.416. The number of phosphoric acid groups is 6. The summed E-state index contributed by atoms with van der Waals surface area (Å²) in [5.41, 5.74) is 0. The second kappa shape index (κ2) is 13.6. The summed E-state index contributed by atoms with van der Waals surface area (Å²) in [6.45, 7) is 0. The molecule has 21 nitrogen and oxygen atoms in total. The molecule has 0 saturated heterocycles. The normalized spacial score (nSPS) is 13.3. The average Bonchev–Trinajstić information content (AvgIpc) is 1.96.